The topological polar surface area (TPSA) is 63.2 Å². The van der Waals surface area contributed by atoms with Crippen LogP contribution in [-0.2, 0) is 9.53 Å². The summed E-state index contributed by atoms with van der Waals surface area (Å²) in [4.78, 5) is 16.1. The number of hydrogen-bond acceptors (Lipinski definition) is 5. The molecule has 20 heavy (non-hydrogen) atoms. The summed E-state index contributed by atoms with van der Waals surface area (Å²) in [7, 11) is 0. The first kappa shape index (κ1) is 15.2. The number of hydrogen-bond donors (Lipinski definition) is 2. The number of amides is 1. The number of morpholine rings is 1. The van der Waals surface area contributed by atoms with Crippen LogP contribution < -0.4 is 10.6 Å². The molecule has 1 amide bonds. The summed E-state index contributed by atoms with van der Waals surface area (Å²) >= 11 is 1.57. The van der Waals surface area contributed by atoms with Gasteiger partial charge in [0, 0.05) is 24.7 Å². The second kappa shape index (κ2) is 6.99. The van der Waals surface area contributed by atoms with Crippen LogP contribution in [0.5, 0.6) is 0 Å². The molecule has 0 saturated carbocycles. The molecule has 1 aromatic heterocycles. The highest BCUT2D eigenvalue weighted by atomic mass is 35.5. The van der Waals surface area contributed by atoms with Gasteiger partial charge in [0.15, 0.2) is 0 Å². The lowest BCUT2D eigenvalue weighted by molar-refractivity contribution is -0.117. The second-order valence-electron chi connectivity index (χ2n) is 4.51. The quantitative estimate of drug-likeness (QED) is 0.910. The van der Waals surface area contributed by atoms with Crippen LogP contribution in [0.4, 0.5) is 5.69 Å². The van der Waals surface area contributed by atoms with Crippen molar-refractivity contribution in [2.45, 2.75) is 12.5 Å². The molecule has 1 aliphatic heterocycles. The standard InChI is InChI=1S/C13H15N3O2S.ClH/c17-13(6-10-7-18-4-3-14-10)16-9-1-2-11-12(5-9)19-8-15-11;/h1-2,5,8,10,14H,3-4,6-7H2,(H,16,17);1H. The molecule has 1 saturated heterocycles. The van der Waals surface area contributed by atoms with Gasteiger partial charge >= 0.3 is 0 Å². The zero-order chi connectivity index (χ0) is 13.1. The van der Waals surface area contributed by atoms with E-state index in [-0.39, 0.29) is 24.4 Å². The van der Waals surface area contributed by atoms with Gasteiger partial charge in [-0.05, 0) is 18.2 Å². The molecule has 2 aromatic rings. The molecule has 1 unspecified atom stereocenters. The largest absolute Gasteiger partial charge is 0.378 e. The summed E-state index contributed by atoms with van der Waals surface area (Å²) < 4.78 is 6.41. The minimum atomic E-state index is 0. The number of thiazole rings is 1. The first-order chi connectivity index (χ1) is 9.31. The van der Waals surface area contributed by atoms with E-state index >= 15 is 0 Å². The lowest BCUT2D eigenvalue weighted by Crippen LogP contribution is -2.43. The molecule has 0 spiro atoms. The van der Waals surface area contributed by atoms with E-state index in [2.05, 4.69) is 15.6 Å². The number of benzene rings is 1. The van der Waals surface area contributed by atoms with Crippen LogP contribution in [0.2, 0.25) is 0 Å². The normalized spacial score (nSPS) is 18.5. The summed E-state index contributed by atoms with van der Waals surface area (Å²) in [5.41, 5.74) is 3.59. The maximum atomic E-state index is 11.9. The molecule has 3 rings (SSSR count). The first-order valence-electron chi connectivity index (χ1n) is 6.25. The van der Waals surface area contributed by atoms with E-state index in [0.717, 1.165) is 29.1 Å². The predicted molar refractivity (Wildman–Crippen MR) is 82.7 cm³/mol. The number of aromatic nitrogens is 1. The second-order valence-corrected chi connectivity index (χ2v) is 5.40. The zero-order valence-corrected chi connectivity index (χ0v) is 12.4. The van der Waals surface area contributed by atoms with Crippen LogP contribution in [0.25, 0.3) is 10.2 Å². The number of nitrogens with zero attached hydrogens (tertiary/aromatic N) is 1. The molecule has 0 aliphatic carbocycles. The average Bonchev–Trinajstić information content (AvgIpc) is 2.87. The van der Waals surface area contributed by atoms with Gasteiger partial charge in [-0.1, -0.05) is 0 Å². The molecule has 0 radical (unpaired) electrons. The third-order valence-corrected chi connectivity index (χ3v) is 3.84. The van der Waals surface area contributed by atoms with Crippen LogP contribution in [0.15, 0.2) is 23.7 Å². The van der Waals surface area contributed by atoms with Crippen LogP contribution in [0, 0.1) is 0 Å². The van der Waals surface area contributed by atoms with Crippen molar-refractivity contribution in [2.24, 2.45) is 0 Å². The highest BCUT2D eigenvalue weighted by molar-refractivity contribution is 7.16. The Bertz CT molecular complexity index is 584. The van der Waals surface area contributed by atoms with Gasteiger partial charge in [0.2, 0.25) is 5.91 Å². The molecule has 0 bridgehead atoms. The minimum absolute atomic E-state index is 0. The molecule has 108 valence electrons. The van der Waals surface area contributed by atoms with Crippen LogP contribution in [0.1, 0.15) is 6.42 Å². The molecular weight excluding hydrogens is 298 g/mol. The summed E-state index contributed by atoms with van der Waals surface area (Å²) in [5.74, 6) is 0.00636. The fraction of sp³-hybridized carbons (Fsp3) is 0.385. The fourth-order valence-electron chi connectivity index (χ4n) is 2.12. The number of anilines is 1. The van der Waals surface area contributed by atoms with Gasteiger partial charge in [-0.15, -0.1) is 23.7 Å². The van der Waals surface area contributed by atoms with Gasteiger partial charge < -0.3 is 15.4 Å². The fourth-order valence-corrected chi connectivity index (χ4v) is 2.84. The Hall–Kier alpha value is -1.21. The van der Waals surface area contributed by atoms with Crippen molar-refractivity contribution in [2.75, 3.05) is 25.1 Å². The van der Waals surface area contributed by atoms with E-state index in [1.165, 1.54) is 0 Å². The van der Waals surface area contributed by atoms with Crippen LogP contribution >= 0.6 is 23.7 Å². The van der Waals surface area contributed by atoms with Crippen molar-refractivity contribution in [1.82, 2.24) is 10.3 Å². The number of carbonyl (C=O) groups excluding carboxylic acids is 1. The Morgan fingerprint density at radius 3 is 3.25 bits per heavy atom. The van der Waals surface area contributed by atoms with Gasteiger partial charge in [0.25, 0.3) is 0 Å². The first-order valence-corrected chi connectivity index (χ1v) is 7.13. The predicted octanol–water partition coefficient (Wildman–Crippen LogP) is 2.04. The summed E-state index contributed by atoms with van der Waals surface area (Å²) in [5, 5.41) is 6.18. The number of ether oxygens (including phenoxy) is 1. The third kappa shape index (κ3) is 3.67. The Morgan fingerprint density at radius 1 is 1.55 bits per heavy atom. The number of fused-ring (bicyclic) bond motifs is 1. The summed E-state index contributed by atoms with van der Waals surface area (Å²) in [6, 6.07) is 5.87. The van der Waals surface area contributed by atoms with Crippen molar-refractivity contribution in [3.63, 3.8) is 0 Å². The molecule has 1 aromatic carbocycles. The summed E-state index contributed by atoms with van der Waals surface area (Å²) in [6.45, 7) is 2.13. The SMILES string of the molecule is Cl.O=C(CC1COCCN1)Nc1ccc2ncsc2c1. The monoisotopic (exact) mass is 313 g/mol. The highest BCUT2D eigenvalue weighted by Gasteiger charge is 2.16. The smallest absolute Gasteiger partial charge is 0.226 e. The summed E-state index contributed by atoms with van der Waals surface area (Å²) in [6.07, 6.45) is 0.431. The maximum Gasteiger partial charge on any atom is 0.226 e. The van der Waals surface area contributed by atoms with Gasteiger partial charge in [0.1, 0.15) is 0 Å². The van der Waals surface area contributed by atoms with Crippen molar-refractivity contribution < 1.29 is 9.53 Å². The Labute approximate surface area is 127 Å². The number of halogens is 1. The molecule has 1 aliphatic rings. The van der Waals surface area contributed by atoms with E-state index in [0.29, 0.717) is 13.0 Å². The maximum absolute atomic E-state index is 11.9. The molecule has 1 atom stereocenters. The number of rotatable bonds is 3. The van der Waals surface area contributed by atoms with Crippen molar-refractivity contribution in [3.05, 3.63) is 23.7 Å². The van der Waals surface area contributed by atoms with Crippen LogP contribution in [0.3, 0.4) is 0 Å². The van der Waals surface area contributed by atoms with Crippen molar-refractivity contribution in [1.29, 1.82) is 0 Å². The number of carbonyl (C=O) groups is 1. The van der Waals surface area contributed by atoms with Gasteiger partial charge in [0.05, 0.1) is 28.9 Å². The molecular formula is C13H16ClN3O2S. The molecule has 1 fully saturated rings. The van der Waals surface area contributed by atoms with Crippen LogP contribution in [-0.4, -0.2) is 36.7 Å². The highest BCUT2D eigenvalue weighted by Crippen LogP contribution is 2.21. The van der Waals surface area contributed by atoms with E-state index < -0.39 is 0 Å². The zero-order valence-electron chi connectivity index (χ0n) is 10.8. The van der Waals surface area contributed by atoms with E-state index in [9.17, 15) is 4.79 Å². The van der Waals surface area contributed by atoms with Crippen molar-refractivity contribution in [3.8, 4) is 0 Å². The lowest BCUT2D eigenvalue weighted by atomic mass is 10.2. The third-order valence-electron chi connectivity index (χ3n) is 3.05. The molecule has 2 N–H and O–H groups in total. The van der Waals surface area contributed by atoms with Crippen molar-refractivity contribution >= 4 is 45.6 Å². The van der Waals surface area contributed by atoms with E-state index in [4.69, 9.17) is 4.74 Å². The minimum Gasteiger partial charge on any atom is -0.378 e. The van der Waals surface area contributed by atoms with E-state index in [1.54, 1.807) is 16.8 Å². The Balaban J connectivity index is 0.00000147. The average molecular weight is 314 g/mol. The Kier molecular flexibility index (Phi) is 5.31. The Morgan fingerprint density at radius 2 is 2.45 bits per heavy atom. The van der Waals surface area contributed by atoms with Gasteiger partial charge in [-0.2, -0.15) is 0 Å². The lowest BCUT2D eigenvalue weighted by Gasteiger charge is -2.23. The van der Waals surface area contributed by atoms with Gasteiger partial charge in [-0.3, -0.25) is 4.79 Å². The molecule has 5 nitrogen and oxygen atoms in total. The van der Waals surface area contributed by atoms with Gasteiger partial charge in [-0.25, -0.2) is 4.98 Å². The molecule has 7 heteroatoms. The molecule has 2 heterocycles. The number of nitrogens with one attached hydrogen (secondary N) is 2. The van der Waals surface area contributed by atoms with E-state index in [1.807, 2.05) is 18.2 Å².